The number of hydrogen-bond acceptors (Lipinski definition) is 4. The summed E-state index contributed by atoms with van der Waals surface area (Å²) in [7, 11) is 1.70. The van der Waals surface area contributed by atoms with Crippen LogP contribution < -0.4 is 16.2 Å². The van der Waals surface area contributed by atoms with Crippen molar-refractivity contribution in [2.24, 2.45) is 11.5 Å². The summed E-state index contributed by atoms with van der Waals surface area (Å²) in [5.41, 5.74) is 16.8. The fourth-order valence-electron chi connectivity index (χ4n) is 3.70. The summed E-state index contributed by atoms with van der Waals surface area (Å²) < 4.78 is 5.18. The summed E-state index contributed by atoms with van der Waals surface area (Å²) in [6.45, 7) is 0. The number of nitrogens with two attached hydrogens (primary N) is 2. The SMILES string of the molecule is COc1ccc2c(c1)CCC(N)C2.NC1CCc2c(O)cccc2C1. The van der Waals surface area contributed by atoms with Crippen molar-refractivity contribution in [2.75, 3.05) is 7.11 Å². The molecule has 0 spiro atoms. The first-order chi connectivity index (χ1) is 12.1. The molecule has 0 saturated carbocycles. The molecule has 0 aliphatic heterocycles. The monoisotopic (exact) mass is 340 g/mol. The van der Waals surface area contributed by atoms with Crippen molar-refractivity contribution < 1.29 is 9.84 Å². The maximum absolute atomic E-state index is 9.50. The molecule has 2 aromatic carbocycles. The molecule has 0 radical (unpaired) electrons. The molecule has 2 atom stereocenters. The molecule has 0 aromatic heterocycles. The minimum Gasteiger partial charge on any atom is -0.508 e. The molecule has 0 saturated heterocycles. The Balaban J connectivity index is 0.000000146. The van der Waals surface area contributed by atoms with Crippen molar-refractivity contribution in [3.8, 4) is 11.5 Å². The van der Waals surface area contributed by atoms with Gasteiger partial charge in [0.1, 0.15) is 11.5 Å². The van der Waals surface area contributed by atoms with Crippen molar-refractivity contribution in [1.29, 1.82) is 0 Å². The zero-order chi connectivity index (χ0) is 17.8. The van der Waals surface area contributed by atoms with Crippen LogP contribution in [-0.4, -0.2) is 24.3 Å². The summed E-state index contributed by atoms with van der Waals surface area (Å²) in [4.78, 5) is 0. The quantitative estimate of drug-likeness (QED) is 0.745. The molecule has 0 fully saturated rings. The summed E-state index contributed by atoms with van der Waals surface area (Å²) in [5.74, 6) is 1.38. The molecule has 2 aliphatic carbocycles. The second-order valence-corrected chi connectivity index (χ2v) is 7.06. The molecule has 134 valence electrons. The second-order valence-electron chi connectivity index (χ2n) is 7.06. The van der Waals surface area contributed by atoms with Gasteiger partial charge in [0.25, 0.3) is 0 Å². The van der Waals surface area contributed by atoms with Crippen LogP contribution in [0.25, 0.3) is 0 Å². The van der Waals surface area contributed by atoms with Crippen molar-refractivity contribution >= 4 is 0 Å². The van der Waals surface area contributed by atoms with Gasteiger partial charge in [-0.25, -0.2) is 0 Å². The topological polar surface area (TPSA) is 81.5 Å². The maximum atomic E-state index is 9.50. The number of rotatable bonds is 1. The minimum absolute atomic E-state index is 0.277. The fraction of sp³-hybridized carbons (Fsp3) is 0.429. The van der Waals surface area contributed by atoms with E-state index >= 15 is 0 Å². The molecule has 4 heteroatoms. The minimum atomic E-state index is 0.277. The molecule has 2 unspecified atom stereocenters. The predicted molar refractivity (Wildman–Crippen MR) is 101 cm³/mol. The van der Waals surface area contributed by atoms with Crippen LogP contribution in [0.3, 0.4) is 0 Å². The molecule has 0 amide bonds. The van der Waals surface area contributed by atoms with Crippen LogP contribution in [0.1, 0.15) is 35.1 Å². The number of aryl methyl sites for hydroxylation is 1. The molecule has 5 N–H and O–H groups in total. The summed E-state index contributed by atoms with van der Waals surface area (Å²) in [5, 5.41) is 9.50. The molecule has 0 bridgehead atoms. The van der Waals surface area contributed by atoms with Gasteiger partial charge in [-0.1, -0.05) is 18.2 Å². The smallest absolute Gasteiger partial charge is 0.119 e. The number of aromatic hydroxyl groups is 1. The van der Waals surface area contributed by atoms with Gasteiger partial charge in [-0.2, -0.15) is 0 Å². The van der Waals surface area contributed by atoms with Crippen molar-refractivity contribution in [3.63, 3.8) is 0 Å². The Kier molecular flexibility index (Phi) is 5.61. The van der Waals surface area contributed by atoms with Crippen molar-refractivity contribution in [2.45, 2.75) is 50.6 Å². The van der Waals surface area contributed by atoms with E-state index in [-0.39, 0.29) is 6.04 Å². The van der Waals surface area contributed by atoms with Gasteiger partial charge < -0.3 is 21.3 Å². The Labute approximate surface area is 149 Å². The van der Waals surface area contributed by atoms with Crippen molar-refractivity contribution in [3.05, 3.63) is 58.7 Å². The van der Waals surface area contributed by atoms with Gasteiger partial charge in [0.15, 0.2) is 0 Å². The van der Waals surface area contributed by atoms with E-state index in [0.717, 1.165) is 49.8 Å². The zero-order valence-electron chi connectivity index (χ0n) is 14.9. The van der Waals surface area contributed by atoms with Crippen LogP contribution in [-0.2, 0) is 25.7 Å². The second kappa shape index (κ2) is 7.89. The fourth-order valence-corrected chi connectivity index (χ4v) is 3.70. The van der Waals surface area contributed by atoms with Gasteiger partial charge in [0.2, 0.25) is 0 Å². The van der Waals surface area contributed by atoms with Crippen LogP contribution in [0.2, 0.25) is 0 Å². The third-order valence-electron chi connectivity index (χ3n) is 5.18. The lowest BCUT2D eigenvalue weighted by atomic mass is 9.88. The average Bonchev–Trinajstić information content (AvgIpc) is 2.62. The van der Waals surface area contributed by atoms with E-state index in [2.05, 4.69) is 12.1 Å². The molecule has 0 heterocycles. The summed E-state index contributed by atoms with van der Waals surface area (Å²) >= 11 is 0. The molecular weight excluding hydrogens is 312 g/mol. The number of hydrogen-bond donors (Lipinski definition) is 3. The number of phenolic OH excluding ortho intramolecular Hbond substituents is 1. The molecule has 25 heavy (non-hydrogen) atoms. The third kappa shape index (κ3) is 4.33. The van der Waals surface area contributed by atoms with Gasteiger partial charge in [-0.05, 0) is 79.0 Å². The highest BCUT2D eigenvalue weighted by Gasteiger charge is 2.17. The molecule has 4 rings (SSSR count). The lowest BCUT2D eigenvalue weighted by Crippen LogP contribution is -2.27. The van der Waals surface area contributed by atoms with Crippen LogP contribution in [0, 0.1) is 0 Å². The predicted octanol–water partition coefficient (Wildman–Crippen LogP) is 2.72. The normalized spacial score (nSPS) is 21.4. The number of methoxy groups -OCH3 is 1. The van der Waals surface area contributed by atoms with E-state index in [0.29, 0.717) is 11.8 Å². The lowest BCUT2D eigenvalue weighted by molar-refractivity contribution is 0.413. The van der Waals surface area contributed by atoms with Crippen LogP contribution in [0.15, 0.2) is 36.4 Å². The Bertz CT molecular complexity index is 730. The van der Waals surface area contributed by atoms with Gasteiger partial charge in [-0.15, -0.1) is 0 Å². The highest BCUT2D eigenvalue weighted by molar-refractivity contribution is 5.41. The Morgan fingerprint density at radius 1 is 0.920 bits per heavy atom. The van der Waals surface area contributed by atoms with Crippen molar-refractivity contribution in [1.82, 2.24) is 0 Å². The Morgan fingerprint density at radius 2 is 1.64 bits per heavy atom. The van der Waals surface area contributed by atoms with Gasteiger partial charge in [0.05, 0.1) is 7.11 Å². The largest absolute Gasteiger partial charge is 0.508 e. The van der Waals surface area contributed by atoms with E-state index < -0.39 is 0 Å². The molecule has 2 aliphatic rings. The number of ether oxygens (including phenoxy) is 1. The highest BCUT2D eigenvalue weighted by Crippen LogP contribution is 2.28. The van der Waals surface area contributed by atoms with Crippen LogP contribution in [0.5, 0.6) is 11.5 Å². The molecule has 4 nitrogen and oxygen atoms in total. The number of phenols is 1. The van der Waals surface area contributed by atoms with E-state index in [1.165, 1.54) is 16.7 Å². The van der Waals surface area contributed by atoms with E-state index in [4.69, 9.17) is 16.2 Å². The molecular formula is C21H28N2O2. The summed E-state index contributed by atoms with van der Waals surface area (Å²) in [6, 6.07) is 12.6. The van der Waals surface area contributed by atoms with Gasteiger partial charge in [0, 0.05) is 12.1 Å². The molecule has 2 aromatic rings. The first-order valence-corrected chi connectivity index (χ1v) is 9.03. The number of benzene rings is 2. The third-order valence-corrected chi connectivity index (χ3v) is 5.18. The zero-order valence-corrected chi connectivity index (χ0v) is 14.9. The van der Waals surface area contributed by atoms with Gasteiger partial charge >= 0.3 is 0 Å². The van der Waals surface area contributed by atoms with E-state index in [1.807, 2.05) is 18.2 Å². The van der Waals surface area contributed by atoms with Crippen LogP contribution in [0.4, 0.5) is 0 Å². The Hall–Kier alpha value is -2.04. The average molecular weight is 340 g/mol. The van der Waals surface area contributed by atoms with Gasteiger partial charge in [-0.3, -0.25) is 0 Å². The first kappa shape index (κ1) is 17.8. The first-order valence-electron chi connectivity index (χ1n) is 9.03. The summed E-state index contributed by atoms with van der Waals surface area (Å²) in [6.07, 6.45) is 6.02. The van der Waals surface area contributed by atoms with E-state index in [1.54, 1.807) is 13.2 Å². The lowest BCUT2D eigenvalue weighted by Gasteiger charge is -2.21. The van der Waals surface area contributed by atoms with Crippen LogP contribution >= 0.6 is 0 Å². The Morgan fingerprint density at radius 3 is 2.40 bits per heavy atom. The standard InChI is InChI=1S/C11H15NO.C10H13NO/c1-13-11-5-3-8-6-10(12)4-2-9(8)7-11;11-8-4-5-9-7(6-8)2-1-3-10(9)12/h3,5,7,10H,2,4,6,12H2,1H3;1-3,8,12H,4-6,11H2. The maximum Gasteiger partial charge on any atom is 0.119 e. The number of fused-ring (bicyclic) bond motifs is 2. The van der Waals surface area contributed by atoms with E-state index in [9.17, 15) is 5.11 Å². The highest BCUT2D eigenvalue weighted by atomic mass is 16.5.